The van der Waals surface area contributed by atoms with Crippen molar-refractivity contribution in [1.82, 2.24) is 15.1 Å². The van der Waals surface area contributed by atoms with E-state index in [0.29, 0.717) is 33.9 Å². The third-order valence-electron chi connectivity index (χ3n) is 4.21. The highest BCUT2D eigenvalue weighted by atomic mass is 35.5. The number of amides is 1. The SMILES string of the molecule is CCCNC(=O)Cc1cc(-c2ccc(Cl)c(Cl)c2)n(Cc2ccc(Cl)cc2)n1. The summed E-state index contributed by atoms with van der Waals surface area (Å²) >= 11 is 18.2. The Bertz CT molecular complexity index is 968. The Balaban J connectivity index is 1.93. The summed E-state index contributed by atoms with van der Waals surface area (Å²) in [4.78, 5) is 12.1. The number of aromatic nitrogens is 2. The summed E-state index contributed by atoms with van der Waals surface area (Å²) in [5.74, 6) is -0.0429. The topological polar surface area (TPSA) is 46.9 Å². The Morgan fingerprint density at radius 1 is 1.04 bits per heavy atom. The standard InChI is InChI=1S/C21H20Cl3N3O/c1-2-9-25-21(28)12-17-11-20(15-5-8-18(23)19(24)10-15)27(26-17)13-14-3-6-16(22)7-4-14/h3-8,10-11H,2,9,12-13H2,1H3,(H,25,28). The molecule has 0 unspecified atom stereocenters. The van der Waals surface area contributed by atoms with Crippen molar-refractivity contribution in [2.24, 2.45) is 0 Å². The second-order valence-corrected chi connectivity index (χ2v) is 7.71. The first-order valence-electron chi connectivity index (χ1n) is 8.99. The lowest BCUT2D eigenvalue weighted by Gasteiger charge is -2.09. The van der Waals surface area contributed by atoms with E-state index < -0.39 is 0 Å². The van der Waals surface area contributed by atoms with Crippen molar-refractivity contribution < 1.29 is 4.79 Å². The maximum Gasteiger partial charge on any atom is 0.226 e. The van der Waals surface area contributed by atoms with Gasteiger partial charge < -0.3 is 5.32 Å². The molecule has 0 saturated carbocycles. The van der Waals surface area contributed by atoms with Crippen molar-refractivity contribution in [1.29, 1.82) is 0 Å². The maximum absolute atomic E-state index is 12.1. The molecule has 0 aliphatic rings. The minimum atomic E-state index is -0.0429. The summed E-state index contributed by atoms with van der Waals surface area (Å²) in [6.45, 7) is 3.22. The highest BCUT2D eigenvalue weighted by Crippen LogP contribution is 2.29. The molecule has 1 heterocycles. The van der Waals surface area contributed by atoms with Crippen molar-refractivity contribution >= 4 is 40.7 Å². The van der Waals surface area contributed by atoms with Gasteiger partial charge in [-0.1, -0.05) is 59.9 Å². The molecule has 4 nitrogen and oxygen atoms in total. The minimum Gasteiger partial charge on any atom is -0.356 e. The van der Waals surface area contributed by atoms with Gasteiger partial charge in [0.1, 0.15) is 0 Å². The van der Waals surface area contributed by atoms with Gasteiger partial charge in [0.15, 0.2) is 0 Å². The van der Waals surface area contributed by atoms with Crippen LogP contribution in [0.2, 0.25) is 15.1 Å². The maximum atomic E-state index is 12.1. The lowest BCUT2D eigenvalue weighted by molar-refractivity contribution is -0.120. The van der Waals surface area contributed by atoms with E-state index in [1.54, 1.807) is 12.1 Å². The molecule has 0 atom stereocenters. The van der Waals surface area contributed by atoms with E-state index in [1.165, 1.54) is 0 Å². The van der Waals surface area contributed by atoms with Gasteiger partial charge >= 0.3 is 0 Å². The predicted molar refractivity (Wildman–Crippen MR) is 115 cm³/mol. The molecule has 0 fully saturated rings. The van der Waals surface area contributed by atoms with E-state index in [1.807, 2.05) is 48.0 Å². The number of carbonyl (C=O) groups is 1. The number of halogens is 3. The normalized spacial score (nSPS) is 10.9. The van der Waals surface area contributed by atoms with Gasteiger partial charge in [0.05, 0.1) is 34.4 Å². The molecule has 1 amide bonds. The number of nitrogens with one attached hydrogen (secondary N) is 1. The molecule has 0 saturated heterocycles. The molecule has 0 aliphatic heterocycles. The molecule has 1 aromatic heterocycles. The van der Waals surface area contributed by atoms with Crippen molar-refractivity contribution in [3.63, 3.8) is 0 Å². The van der Waals surface area contributed by atoms with Gasteiger partial charge in [-0.2, -0.15) is 5.10 Å². The Labute approximate surface area is 179 Å². The minimum absolute atomic E-state index is 0.0429. The Hall–Kier alpha value is -2.01. The number of benzene rings is 2. The predicted octanol–water partition coefficient (Wildman–Crippen LogP) is 5.63. The summed E-state index contributed by atoms with van der Waals surface area (Å²) in [6.07, 6.45) is 1.12. The van der Waals surface area contributed by atoms with Crippen LogP contribution >= 0.6 is 34.8 Å². The lowest BCUT2D eigenvalue weighted by Crippen LogP contribution is -2.25. The molecule has 7 heteroatoms. The van der Waals surface area contributed by atoms with E-state index in [4.69, 9.17) is 34.8 Å². The van der Waals surface area contributed by atoms with E-state index in [0.717, 1.165) is 23.2 Å². The van der Waals surface area contributed by atoms with Gasteiger partial charge in [-0.3, -0.25) is 9.48 Å². The Morgan fingerprint density at radius 2 is 1.79 bits per heavy atom. The Kier molecular flexibility index (Phi) is 7.00. The van der Waals surface area contributed by atoms with Crippen LogP contribution in [0.3, 0.4) is 0 Å². The molecule has 3 rings (SSSR count). The lowest BCUT2D eigenvalue weighted by atomic mass is 10.1. The smallest absolute Gasteiger partial charge is 0.226 e. The highest BCUT2D eigenvalue weighted by molar-refractivity contribution is 6.42. The molecule has 2 aromatic carbocycles. The fourth-order valence-corrected chi connectivity index (χ4v) is 3.24. The summed E-state index contributed by atoms with van der Waals surface area (Å²) < 4.78 is 1.87. The number of nitrogens with zero attached hydrogens (tertiary/aromatic N) is 2. The third-order valence-corrected chi connectivity index (χ3v) is 5.20. The molecular formula is C21H20Cl3N3O. The molecule has 1 N–H and O–H groups in total. The summed E-state index contributed by atoms with van der Waals surface area (Å²) in [6, 6.07) is 15.0. The van der Waals surface area contributed by atoms with Gasteiger partial charge in [0, 0.05) is 17.1 Å². The van der Waals surface area contributed by atoms with Gasteiger partial charge in [-0.25, -0.2) is 0 Å². The molecule has 146 valence electrons. The van der Waals surface area contributed by atoms with Crippen LogP contribution in [0.15, 0.2) is 48.5 Å². The second-order valence-electron chi connectivity index (χ2n) is 6.46. The van der Waals surface area contributed by atoms with E-state index in [-0.39, 0.29) is 12.3 Å². The van der Waals surface area contributed by atoms with Gasteiger partial charge in [0.25, 0.3) is 0 Å². The first-order valence-corrected chi connectivity index (χ1v) is 10.1. The van der Waals surface area contributed by atoms with Crippen LogP contribution in [0.25, 0.3) is 11.3 Å². The zero-order valence-electron chi connectivity index (χ0n) is 15.4. The van der Waals surface area contributed by atoms with Gasteiger partial charge in [-0.15, -0.1) is 0 Å². The average molecular weight is 437 g/mol. The van der Waals surface area contributed by atoms with Crippen LogP contribution in [0, 0.1) is 0 Å². The first kappa shape index (κ1) is 20.7. The Morgan fingerprint density at radius 3 is 2.46 bits per heavy atom. The molecule has 0 spiro atoms. The summed E-state index contributed by atoms with van der Waals surface area (Å²) in [5, 5.41) is 9.18. The van der Waals surface area contributed by atoms with E-state index >= 15 is 0 Å². The molecular weight excluding hydrogens is 417 g/mol. The largest absolute Gasteiger partial charge is 0.356 e. The number of hydrogen-bond acceptors (Lipinski definition) is 2. The van der Waals surface area contributed by atoms with Gasteiger partial charge in [-0.05, 0) is 42.3 Å². The summed E-state index contributed by atoms with van der Waals surface area (Å²) in [7, 11) is 0. The first-order chi connectivity index (χ1) is 13.5. The van der Waals surface area contributed by atoms with Crippen LogP contribution in [-0.2, 0) is 17.8 Å². The van der Waals surface area contributed by atoms with Crippen LogP contribution in [0.4, 0.5) is 0 Å². The number of carbonyl (C=O) groups excluding carboxylic acids is 1. The molecule has 0 bridgehead atoms. The zero-order chi connectivity index (χ0) is 20.1. The fraction of sp³-hybridized carbons (Fsp3) is 0.238. The fourth-order valence-electron chi connectivity index (χ4n) is 2.82. The monoisotopic (exact) mass is 435 g/mol. The van der Waals surface area contributed by atoms with Crippen molar-refractivity contribution in [2.45, 2.75) is 26.3 Å². The highest BCUT2D eigenvalue weighted by Gasteiger charge is 2.14. The molecule has 28 heavy (non-hydrogen) atoms. The summed E-state index contributed by atoms with van der Waals surface area (Å²) in [5.41, 5.74) is 3.50. The van der Waals surface area contributed by atoms with Crippen molar-refractivity contribution in [2.75, 3.05) is 6.54 Å². The average Bonchev–Trinajstić information content (AvgIpc) is 3.06. The van der Waals surface area contributed by atoms with Crippen LogP contribution < -0.4 is 5.32 Å². The molecule has 0 radical (unpaired) electrons. The van der Waals surface area contributed by atoms with Crippen LogP contribution in [0.5, 0.6) is 0 Å². The zero-order valence-corrected chi connectivity index (χ0v) is 17.7. The van der Waals surface area contributed by atoms with Crippen molar-refractivity contribution in [3.8, 4) is 11.3 Å². The molecule has 0 aliphatic carbocycles. The quantitative estimate of drug-likeness (QED) is 0.522. The molecule has 3 aromatic rings. The van der Waals surface area contributed by atoms with Gasteiger partial charge in [0.2, 0.25) is 5.91 Å². The number of hydrogen-bond donors (Lipinski definition) is 1. The van der Waals surface area contributed by atoms with Crippen molar-refractivity contribution in [3.05, 3.63) is 74.9 Å². The third kappa shape index (κ3) is 5.28. The van der Waals surface area contributed by atoms with Crippen LogP contribution in [0.1, 0.15) is 24.6 Å². The van der Waals surface area contributed by atoms with Crippen LogP contribution in [-0.4, -0.2) is 22.2 Å². The van der Waals surface area contributed by atoms with E-state index in [9.17, 15) is 4.79 Å². The van der Waals surface area contributed by atoms with E-state index in [2.05, 4.69) is 10.4 Å². The second kappa shape index (κ2) is 9.46. The number of rotatable bonds is 7.